The molecular weight excluding hydrogens is 364 g/mol. The molecule has 0 radical (unpaired) electrons. The molecule has 1 heterocycles. The van der Waals surface area contributed by atoms with Crippen LogP contribution in [0.2, 0.25) is 5.02 Å². The lowest BCUT2D eigenvalue weighted by molar-refractivity contribution is 0.103. The second-order valence-electron chi connectivity index (χ2n) is 6.16. The van der Waals surface area contributed by atoms with Gasteiger partial charge in [-0.15, -0.1) is 0 Å². The number of aryl methyl sites for hydroxylation is 1. The van der Waals surface area contributed by atoms with Crippen LogP contribution in [0, 0.1) is 18.3 Å². The van der Waals surface area contributed by atoms with Crippen LogP contribution in [0.5, 0.6) is 5.75 Å². The fraction of sp³-hybridized carbons (Fsp3) is 0.0952. The molecule has 1 N–H and O–H groups in total. The van der Waals surface area contributed by atoms with Crippen molar-refractivity contribution in [2.45, 2.75) is 13.5 Å². The Hall–Kier alpha value is -3.36. The molecule has 6 heteroatoms. The van der Waals surface area contributed by atoms with Gasteiger partial charge in [0, 0.05) is 16.8 Å². The van der Waals surface area contributed by atoms with Gasteiger partial charge in [0.05, 0.1) is 12.1 Å². The number of carbonyl (C=O) groups excluding carboxylic acids is 1. The number of ketones is 1. The Morgan fingerprint density at radius 3 is 2.56 bits per heavy atom. The van der Waals surface area contributed by atoms with Gasteiger partial charge in [-0.05, 0) is 42.8 Å². The maximum Gasteiger partial charge on any atom is 0.268 e. The van der Waals surface area contributed by atoms with Crippen LogP contribution >= 0.6 is 11.6 Å². The largest absolute Gasteiger partial charge is 0.507 e. The molecule has 1 aromatic heterocycles. The molecular formula is C21H15ClN2O3. The van der Waals surface area contributed by atoms with Gasteiger partial charge in [0.2, 0.25) is 0 Å². The summed E-state index contributed by atoms with van der Waals surface area (Å²) in [5.74, 6) is -0.614. The van der Waals surface area contributed by atoms with Gasteiger partial charge in [-0.2, -0.15) is 5.26 Å². The average Bonchev–Trinajstić information content (AvgIpc) is 2.66. The lowest BCUT2D eigenvalue weighted by Crippen LogP contribution is -2.24. The number of phenolic OH excluding ortho intramolecular Hbond substituents is 1. The monoisotopic (exact) mass is 378 g/mol. The first-order valence-electron chi connectivity index (χ1n) is 8.12. The van der Waals surface area contributed by atoms with Crippen LogP contribution < -0.4 is 5.56 Å². The summed E-state index contributed by atoms with van der Waals surface area (Å²) in [5, 5.41) is 19.9. The van der Waals surface area contributed by atoms with Crippen LogP contribution in [-0.4, -0.2) is 15.5 Å². The highest BCUT2D eigenvalue weighted by molar-refractivity contribution is 6.30. The van der Waals surface area contributed by atoms with Crippen LogP contribution in [0.4, 0.5) is 0 Å². The molecule has 3 rings (SSSR count). The second-order valence-corrected chi connectivity index (χ2v) is 6.60. The molecule has 0 fully saturated rings. The van der Waals surface area contributed by atoms with Crippen molar-refractivity contribution in [3.63, 3.8) is 0 Å². The van der Waals surface area contributed by atoms with E-state index in [-0.39, 0.29) is 29.0 Å². The number of aromatic hydroxyl groups is 1. The van der Waals surface area contributed by atoms with Crippen LogP contribution in [0.3, 0.4) is 0 Å². The molecule has 3 aromatic rings. The Labute approximate surface area is 160 Å². The number of benzene rings is 2. The first-order chi connectivity index (χ1) is 12.9. The summed E-state index contributed by atoms with van der Waals surface area (Å²) in [7, 11) is 0. The van der Waals surface area contributed by atoms with Gasteiger partial charge in [-0.1, -0.05) is 35.4 Å². The quantitative estimate of drug-likeness (QED) is 0.702. The molecule has 5 nitrogen and oxygen atoms in total. The van der Waals surface area contributed by atoms with Gasteiger partial charge >= 0.3 is 0 Å². The van der Waals surface area contributed by atoms with E-state index >= 15 is 0 Å². The molecule has 0 bridgehead atoms. The highest BCUT2D eigenvalue weighted by Crippen LogP contribution is 2.22. The van der Waals surface area contributed by atoms with E-state index in [2.05, 4.69) is 0 Å². The highest BCUT2D eigenvalue weighted by Gasteiger charge is 2.17. The second kappa shape index (κ2) is 7.48. The van der Waals surface area contributed by atoms with Gasteiger partial charge in [-0.25, -0.2) is 0 Å². The number of hydrogen-bond donors (Lipinski definition) is 1. The molecule has 0 amide bonds. The van der Waals surface area contributed by atoms with E-state index in [0.717, 1.165) is 11.1 Å². The third-order valence-electron chi connectivity index (χ3n) is 4.13. The minimum absolute atomic E-state index is 0.121. The molecule has 2 aromatic carbocycles. The number of aromatic nitrogens is 1. The maximum absolute atomic E-state index is 12.8. The van der Waals surface area contributed by atoms with Gasteiger partial charge in [0.15, 0.2) is 5.78 Å². The van der Waals surface area contributed by atoms with Crippen LogP contribution in [0.15, 0.2) is 59.5 Å². The number of halogens is 1. The zero-order chi connectivity index (χ0) is 19.6. The summed E-state index contributed by atoms with van der Waals surface area (Å²) < 4.78 is 1.31. The summed E-state index contributed by atoms with van der Waals surface area (Å²) in [4.78, 5) is 25.3. The Morgan fingerprint density at radius 2 is 1.89 bits per heavy atom. The van der Waals surface area contributed by atoms with Gasteiger partial charge < -0.3 is 9.67 Å². The van der Waals surface area contributed by atoms with Crippen molar-refractivity contribution in [1.29, 1.82) is 5.26 Å². The fourth-order valence-corrected chi connectivity index (χ4v) is 2.86. The Balaban J connectivity index is 2.07. The van der Waals surface area contributed by atoms with E-state index in [4.69, 9.17) is 11.6 Å². The van der Waals surface area contributed by atoms with Crippen LogP contribution in [0.25, 0.3) is 0 Å². The zero-order valence-corrected chi connectivity index (χ0v) is 15.2. The lowest BCUT2D eigenvalue weighted by Gasteiger charge is -2.10. The summed E-state index contributed by atoms with van der Waals surface area (Å²) in [6.45, 7) is 1.99. The van der Waals surface area contributed by atoms with Crippen molar-refractivity contribution in [1.82, 2.24) is 4.57 Å². The van der Waals surface area contributed by atoms with Crippen LogP contribution in [-0.2, 0) is 6.54 Å². The molecule has 0 saturated heterocycles. The van der Waals surface area contributed by atoms with E-state index < -0.39 is 11.3 Å². The molecule has 134 valence electrons. The zero-order valence-electron chi connectivity index (χ0n) is 14.4. The summed E-state index contributed by atoms with van der Waals surface area (Å²) in [6, 6.07) is 14.7. The minimum atomic E-state index is -0.488. The van der Waals surface area contributed by atoms with Crippen molar-refractivity contribution in [2.24, 2.45) is 0 Å². The van der Waals surface area contributed by atoms with E-state index in [1.165, 1.54) is 22.9 Å². The predicted octanol–water partition coefficient (Wildman–Crippen LogP) is 3.67. The standard InChI is InChI=1S/C21H15ClN2O3/c1-13-2-7-19(25)18(8-13)20(26)16-9-15(10-23)21(27)24(12-16)11-14-3-5-17(22)6-4-14/h2-9,12,25H,11H2,1H3. The topological polar surface area (TPSA) is 83.1 Å². The molecule has 0 aliphatic rings. The number of hydrogen-bond acceptors (Lipinski definition) is 4. The number of phenols is 1. The third-order valence-corrected chi connectivity index (χ3v) is 4.38. The summed E-state index contributed by atoms with van der Waals surface area (Å²) >= 11 is 5.88. The number of rotatable bonds is 4. The Morgan fingerprint density at radius 1 is 1.19 bits per heavy atom. The summed E-state index contributed by atoms with van der Waals surface area (Å²) in [6.07, 6.45) is 1.40. The number of nitrogens with zero attached hydrogens (tertiary/aromatic N) is 2. The lowest BCUT2D eigenvalue weighted by atomic mass is 10.0. The normalized spacial score (nSPS) is 10.4. The molecule has 0 unspecified atom stereocenters. The number of nitriles is 1. The average molecular weight is 379 g/mol. The van der Waals surface area contributed by atoms with Crippen molar-refractivity contribution < 1.29 is 9.90 Å². The first-order valence-corrected chi connectivity index (χ1v) is 8.50. The number of carbonyl (C=O) groups is 1. The van der Waals surface area contributed by atoms with Crippen molar-refractivity contribution in [3.05, 3.63) is 97.9 Å². The van der Waals surface area contributed by atoms with Crippen molar-refractivity contribution in [2.75, 3.05) is 0 Å². The predicted molar refractivity (Wildman–Crippen MR) is 102 cm³/mol. The smallest absolute Gasteiger partial charge is 0.268 e. The van der Waals surface area contributed by atoms with Gasteiger partial charge in [0.1, 0.15) is 17.4 Å². The van der Waals surface area contributed by atoms with E-state index in [9.17, 15) is 20.0 Å². The fourth-order valence-electron chi connectivity index (χ4n) is 2.73. The molecule has 0 aliphatic carbocycles. The van der Waals surface area contributed by atoms with Gasteiger partial charge in [-0.3, -0.25) is 9.59 Å². The highest BCUT2D eigenvalue weighted by atomic mass is 35.5. The molecule has 0 saturated carbocycles. The van der Waals surface area contributed by atoms with E-state index in [1.807, 2.05) is 6.07 Å². The molecule has 0 aliphatic heterocycles. The SMILES string of the molecule is Cc1ccc(O)c(C(=O)c2cc(C#N)c(=O)n(Cc3ccc(Cl)cc3)c2)c1. The molecule has 0 atom stereocenters. The molecule has 0 spiro atoms. The summed E-state index contributed by atoms with van der Waals surface area (Å²) in [5.41, 5.74) is 1.26. The third kappa shape index (κ3) is 3.91. The van der Waals surface area contributed by atoms with Crippen LogP contribution in [0.1, 0.15) is 32.6 Å². The number of pyridine rings is 1. The van der Waals surface area contributed by atoms with Gasteiger partial charge in [0.25, 0.3) is 5.56 Å². The minimum Gasteiger partial charge on any atom is -0.507 e. The van der Waals surface area contributed by atoms with Crippen molar-refractivity contribution in [3.8, 4) is 11.8 Å². The van der Waals surface area contributed by atoms with Crippen molar-refractivity contribution >= 4 is 17.4 Å². The first kappa shape index (κ1) is 18.4. The molecule has 27 heavy (non-hydrogen) atoms. The Kier molecular flexibility index (Phi) is 5.11. The van der Waals surface area contributed by atoms with E-state index in [0.29, 0.717) is 5.02 Å². The van der Waals surface area contributed by atoms with E-state index in [1.54, 1.807) is 43.3 Å². The maximum atomic E-state index is 12.8. The Bertz CT molecular complexity index is 1130.